The summed E-state index contributed by atoms with van der Waals surface area (Å²) in [6.45, 7) is 2.07. The maximum absolute atomic E-state index is 4.23. The Balaban J connectivity index is 1.98. The van der Waals surface area contributed by atoms with Crippen LogP contribution in [0.25, 0.3) is 0 Å². The minimum atomic E-state index is 1.01. The summed E-state index contributed by atoms with van der Waals surface area (Å²) in [6.07, 6.45) is 3.90. The fourth-order valence-corrected chi connectivity index (χ4v) is 1.99. The molecule has 1 N–H and O–H groups in total. The predicted molar refractivity (Wildman–Crippen MR) is 80.6 cm³/mol. The Kier molecular flexibility index (Phi) is 4.42. The summed E-state index contributed by atoms with van der Waals surface area (Å²) in [5.41, 5.74) is 6.35. The molecule has 0 aliphatic heterocycles. The van der Waals surface area contributed by atoms with Crippen LogP contribution >= 0.6 is 11.8 Å². The van der Waals surface area contributed by atoms with Gasteiger partial charge in [0.1, 0.15) is 0 Å². The van der Waals surface area contributed by atoms with E-state index in [0.29, 0.717) is 0 Å². The van der Waals surface area contributed by atoms with Crippen LogP contribution in [0, 0.1) is 6.92 Å². The second-order valence-corrected chi connectivity index (χ2v) is 4.89. The van der Waals surface area contributed by atoms with Crippen LogP contribution < -0.4 is 5.43 Å². The van der Waals surface area contributed by atoms with Crippen molar-refractivity contribution < 1.29 is 0 Å². The summed E-state index contributed by atoms with van der Waals surface area (Å²) in [6, 6.07) is 16.5. The van der Waals surface area contributed by atoms with Gasteiger partial charge in [0.2, 0.25) is 0 Å². The molecule has 18 heavy (non-hydrogen) atoms. The predicted octanol–water partition coefficient (Wildman–Crippen LogP) is 4.16. The first kappa shape index (κ1) is 12.7. The van der Waals surface area contributed by atoms with Crippen LogP contribution in [0.15, 0.2) is 58.5 Å². The van der Waals surface area contributed by atoms with Gasteiger partial charge in [0.05, 0.1) is 11.9 Å². The van der Waals surface area contributed by atoms with Crippen molar-refractivity contribution in [1.29, 1.82) is 0 Å². The van der Waals surface area contributed by atoms with Crippen LogP contribution in [-0.4, -0.2) is 12.5 Å². The average molecular weight is 256 g/mol. The standard InChI is InChI=1S/C15H16N2S/c1-12-4-3-5-14(10-12)17-16-11-13-6-8-15(18-2)9-7-13/h3-11,17H,1-2H3/b16-11-. The van der Waals surface area contributed by atoms with Gasteiger partial charge in [-0.05, 0) is 48.6 Å². The van der Waals surface area contributed by atoms with Crippen molar-refractivity contribution in [3.05, 3.63) is 59.7 Å². The highest BCUT2D eigenvalue weighted by molar-refractivity contribution is 7.98. The Morgan fingerprint density at radius 3 is 2.56 bits per heavy atom. The lowest BCUT2D eigenvalue weighted by Crippen LogP contribution is -1.90. The number of thioether (sulfide) groups is 1. The normalized spacial score (nSPS) is 10.8. The molecular weight excluding hydrogens is 240 g/mol. The zero-order chi connectivity index (χ0) is 12.8. The fraction of sp³-hybridized carbons (Fsp3) is 0.133. The average Bonchev–Trinajstić information content (AvgIpc) is 2.40. The molecule has 0 saturated carbocycles. The van der Waals surface area contributed by atoms with E-state index in [1.807, 2.05) is 18.3 Å². The number of nitrogens with one attached hydrogen (secondary N) is 1. The van der Waals surface area contributed by atoms with Crippen molar-refractivity contribution in [2.24, 2.45) is 5.10 Å². The second-order valence-electron chi connectivity index (χ2n) is 4.01. The molecule has 0 fully saturated rings. The Morgan fingerprint density at radius 2 is 1.89 bits per heavy atom. The van der Waals surface area contributed by atoms with E-state index in [-0.39, 0.29) is 0 Å². The molecule has 0 aliphatic rings. The van der Waals surface area contributed by atoms with Crippen LogP contribution in [-0.2, 0) is 0 Å². The van der Waals surface area contributed by atoms with Crippen molar-refractivity contribution in [1.82, 2.24) is 0 Å². The first-order valence-corrected chi connectivity index (χ1v) is 7.00. The number of benzene rings is 2. The molecule has 0 atom stereocenters. The molecule has 0 aromatic heterocycles. The summed E-state index contributed by atoms with van der Waals surface area (Å²) in [7, 11) is 0. The monoisotopic (exact) mass is 256 g/mol. The topological polar surface area (TPSA) is 24.4 Å². The zero-order valence-electron chi connectivity index (χ0n) is 10.6. The number of hydrogen-bond acceptors (Lipinski definition) is 3. The molecule has 0 heterocycles. The van der Waals surface area contributed by atoms with Gasteiger partial charge in [-0.2, -0.15) is 5.10 Å². The van der Waals surface area contributed by atoms with Crippen LogP contribution in [0.1, 0.15) is 11.1 Å². The lowest BCUT2D eigenvalue weighted by Gasteiger charge is -2.01. The van der Waals surface area contributed by atoms with E-state index in [1.165, 1.54) is 10.5 Å². The van der Waals surface area contributed by atoms with Crippen molar-refractivity contribution in [3.8, 4) is 0 Å². The lowest BCUT2D eigenvalue weighted by molar-refractivity contribution is 1.33. The number of hydrogen-bond donors (Lipinski definition) is 1. The molecule has 0 unspecified atom stereocenters. The van der Waals surface area contributed by atoms with Gasteiger partial charge in [0.25, 0.3) is 0 Å². The van der Waals surface area contributed by atoms with Gasteiger partial charge in [-0.1, -0.05) is 24.3 Å². The maximum Gasteiger partial charge on any atom is 0.0564 e. The molecule has 3 heteroatoms. The highest BCUT2D eigenvalue weighted by Gasteiger charge is 1.91. The molecule has 2 rings (SSSR count). The van der Waals surface area contributed by atoms with Gasteiger partial charge in [0.15, 0.2) is 0 Å². The van der Waals surface area contributed by atoms with Crippen molar-refractivity contribution in [3.63, 3.8) is 0 Å². The Morgan fingerprint density at radius 1 is 1.11 bits per heavy atom. The van der Waals surface area contributed by atoms with Gasteiger partial charge in [-0.3, -0.25) is 5.43 Å². The summed E-state index contributed by atoms with van der Waals surface area (Å²) in [5, 5.41) is 4.23. The molecule has 0 spiro atoms. The van der Waals surface area contributed by atoms with Crippen molar-refractivity contribution in [2.75, 3.05) is 11.7 Å². The third-order valence-corrected chi connectivity index (χ3v) is 3.28. The molecule has 92 valence electrons. The van der Waals surface area contributed by atoms with Crippen LogP contribution in [0.4, 0.5) is 5.69 Å². The first-order valence-electron chi connectivity index (χ1n) is 5.78. The van der Waals surface area contributed by atoms with Gasteiger partial charge in [-0.15, -0.1) is 11.8 Å². The summed E-state index contributed by atoms with van der Waals surface area (Å²) in [5.74, 6) is 0. The molecule has 2 aromatic carbocycles. The number of anilines is 1. The van der Waals surface area contributed by atoms with Crippen molar-refractivity contribution >= 4 is 23.7 Å². The molecule has 0 saturated heterocycles. The van der Waals surface area contributed by atoms with Gasteiger partial charge < -0.3 is 0 Å². The van der Waals surface area contributed by atoms with E-state index < -0.39 is 0 Å². The largest absolute Gasteiger partial charge is 0.278 e. The first-order chi connectivity index (χ1) is 8.78. The van der Waals surface area contributed by atoms with Gasteiger partial charge >= 0.3 is 0 Å². The van der Waals surface area contributed by atoms with E-state index in [0.717, 1.165) is 11.3 Å². The number of rotatable bonds is 4. The minimum absolute atomic E-state index is 1.01. The third-order valence-electron chi connectivity index (χ3n) is 2.54. The Hall–Kier alpha value is -1.74. The Labute approximate surface area is 112 Å². The molecule has 0 bridgehead atoms. The SMILES string of the molecule is CSc1ccc(/C=N\Nc2cccc(C)c2)cc1. The summed E-state index contributed by atoms with van der Waals surface area (Å²) < 4.78 is 0. The van der Waals surface area contributed by atoms with Gasteiger partial charge in [-0.25, -0.2) is 0 Å². The summed E-state index contributed by atoms with van der Waals surface area (Å²) in [4.78, 5) is 1.26. The van der Waals surface area contributed by atoms with Crippen LogP contribution in [0.2, 0.25) is 0 Å². The van der Waals surface area contributed by atoms with E-state index in [4.69, 9.17) is 0 Å². The zero-order valence-corrected chi connectivity index (χ0v) is 11.4. The van der Waals surface area contributed by atoms with E-state index in [2.05, 4.69) is 60.1 Å². The number of aryl methyl sites for hydroxylation is 1. The maximum atomic E-state index is 4.23. The highest BCUT2D eigenvalue weighted by atomic mass is 32.2. The second kappa shape index (κ2) is 6.26. The van der Waals surface area contributed by atoms with E-state index in [9.17, 15) is 0 Å². The fourth-order valence-electron chi connectivity index (χ4n) is 1.59. The smallest absolute Gasteiger partial charge is 0.0564 e. The Bertz CT molecular complexity index is 532. The molecule has 0 amide bonds. The van der Waals surface area contributed by atoms with Gasteiger partial charge in [0, 0.05) is 4.90 Å². The molecular formula is C15H16N2S. The highest BCUT2D eigenvalue weighted by Crippen LogP contribution is 2.14. The third kappa shape index (κ3) is 3.64. The van der Waals surface area contributed by atoms with E-state index in [1.54, 1.807) is 11.8 Å². The molecule has 0 radical (unpaired) electrons. The molecule has 0 aliphatic carbocycles. The van der Waals surface area contributed by atoms with Crippen molar-refractivity contribution in [2.45, 2.75) is 11.8 Å². The van der Waals surface area contributed by atoms with E-state index >= 15 is 0 Å². The van der Waals surface area contributed by atoms with Crippen LogP contribution in [0.5, 0.6) is 0 Å². The number of nitrogens with zero attached hydrogens (tertiary/aromatic N) is 1. The molecule has 2 nitrogen and oxygen atoms in total. The van der Waals surface area contributed by atoms with Crippen LogP contribution in [0.3, 0.4) is 0 Å². The lowest BCUT2D eigenvalue weighted by atomic mass is 10.2. The summed E-state index contributed by atoms with van der Waals surface area (Å²) >= 11 is 1.74. The number of hydrazone groups is 1. The minimum Gasteiger partial charge on any atom is -0.278 e. The quantitative estimate of drug-likeness (QED) is 0.504. The molecule has 2 aromatic rings.